The van der Waals surface area contributed by atoms with Crippen molar-refractivity contribution in [1.29, 1.82) is 0 Å². The highest BCUT2D eigenvalue weighted by Crippen LogP contribution is 2.52. The van der Waals surface area contributed by atoms with E-state index in [4.69, 9.17) is 4.74 Å². The van der Waals surface area contributed by atoms with E-state index in [1.165, 1.54) is 11.1 Å². The lowest BCUT2D eigenvalue weighted by atomic mass is 9.75. The van der Waals surface area contributed by atoms with Gasteiger partial charge in [-0.15, -0.1) is 0 Å². The van der Waals surface area contributed by atoms with Crippen LogP contribution in [0.15, 0.2) is 48.5 Å². The van der Waals surface area contributed by atoms with Crippen molar-refractivity contribution in [2.24, 2.45) is 17.8 Å². The van der Waals surface area contributed by atoms with Crippen LogP contribution in [0.25, 0.3) is 11.1 Å². The van der Waals surface area contributed by atoms with Crippen LogP contribution in [0, 0.1) is 17.8 Å². The van der Waals surface area contributed by atoms with E-state index in [1.807, 2.05) is 24.3 Å². The summed E-state index contributed by atoms with van der Waals surface area (Å²) >= 11 is 0. The normalized spacial score (nSPS) is 25.9. The van der Waals surface area contributed by atoms with Crippen LogP contribution in [-0.4, -0.2) is 53.2 Å². The molecule has 2 N–H and O–H groups in total. The summed E-state index contributed by atoms with van der Waals surface area (Å²) in [5.41, 5.74) is 3.70. The largest absolute Gasteiger partial charge is 0.481 e. The Labute approximate surface area is 191 Å². The van der Waals surface area contributed by atoms with E-state index in [1.54, 1.807) is 4.90 Å². The minimum Gasteiger partial charge on any atom is -0.481 e. The van der Waals surface area contributed by atoms with Crippen molar-refractivity contribution < 1.29 is 24.2 Å². The standard InChI is InChI=1S/C26H26N2O5/c29-23(30)22-19-12-28(13-20(19)22)24(31)26(10-5-11-26)27-25(32)33-14-21-17-8-3-1-6-15(17)16-7-2-4-9-18(16)21/h1-4,6-9,19-22H,5,10-14H2,(H,27,32)(H,29,30)/t19-,20+,22?. The van der Waals surface area contributed by atoms with Crippen LogP contribution in [-0.2, 0) is 14.3 Å². The monoisotopic (exact) mass is 446 g/mol. The Hall–Kier alpha value is -3.35. The molecule has 6 rings (SSSR count). The number of benzene rings is 2. The minimum absolute atomic E-state index is 0.0326. The summed E-state index contributed by atoms with van der Waals surface area (Å²) in [6.45, 7) is 1.14. The topological polar surface area (TPSA) is 95.9 Å². The fourth-order valence-corrected chi connectivity index (χ4v) is 6.11. The van der Waals surface area contributed by atoms with Gasteiger partial charge in [0.15, 0.2) is 0 Å². The van der Waals surface area contributed by atoms with E-state index in [0.717, 1.165) is 17.5 Å². The Morgan fingerprint density at radius 1 is 0.970 bits per heavy atom. The smallest absolute Gasteiger partial charge is 0.408 e. The molecule has 4 aliphatic rings. The minimum atomic E-state index is -0.919. The van der Waals surface area contributed by atoms with E-state index < -0.39 is 17.6 Å². The van der Waals surface area contributed by atoms with Crippen LogP contribution in [0.1, 0.15) is 36.3 Å². The predicted octanol–water partition coefficient (Wildman–Crippen LogP) is 3.24. The Bertz CT molecular complexity index is 1100. The Morgan fingerprint density at radius 2 is 1.55 bits per heavy atom. The first-order chi connectivity index (χ1) is 16.0. The van der Waals surface area contributed by atoms with E-state index in [2.05, 4.69) is 29.6 Å². The molecule has 3 fully saturated rings. The molecule has 1 heterocycles. The van der Waals surface area contributed by atoms with Crippen LogP contribution >= 0.6 is 0 Å². The van der Waals surface area contributed by atoms with Gasteiger partial charge in [-0.05, 0) is 53.4 Å². The third-order valence-corrected chi connectivity index (χ3v) is 8.07. The average molecular weight is 447 g/mol. The van der Waals surface area contributed by atoms with Crippen molar-refractivity contribution in [2.75, 3.05) is 19.7 Å². The average Bonchev–Trinajstić information content (AvgIpc) is 3.15. The maximum atomic E-state index is 13.2. The number of carbonyl (C=O) groups excluding carboxylic acids is 2. The summed E-state index contributed by atoms with van der Waals surface area (Å²) in [6, 6.07) is 16.3. The van der Waals surface area contributed by atoms with Crippen LogP contribution < -0.4 is 5.32 Å². The molecule has 0 radical (unpaired) electrons. The number of ether oxygens (including phenoxy) is 1. The Balaban J connectivity index is 1.11. The van der Waals surface area contributed by atoms with E-state index in [-0.39, 0.29) is 36.2 Å². The highest BCUT2D eigenvalue weighted by atomic mass is 16.5. The van der Waals surface area contributed by atoms with Crippen molar-refractivity contribution in [1.82, 2.24) is 10.2 Å². The highest BCUT2D eigenvalue weighted by Gasteiger charge is 2.62. The Kier molecular flexibility index (Phi) is 4.50. The zero-order valence-electron chi connectivity index (χ0n) is 18.2. The number of fused-ring (bicyclic) bond motifs is 4. The molecule has 0 bridgehead atoms. The van der Waals surface area contributed by atoms with Crippen molar-refractivity contribution in [2.45, 2.75) is 30.7 Å². The molecular formula is C26H26N2O5. The van der Waals surface area contributed by atoms with E-state index >= 15 is 0 Å². The number of nitrogens with zero attached hydrogens (tertiary/aromatic N) is 1. The molecule has 2 saturated carbocycles. The number of carboxylic acids is 1. The summed E-state index contributed by atoms with van der Waals surface area (Å²) in [6.07, 6.45) is 1.47. The summed E-state index contributed by atoms with van der Waals surface area (Å²) in [5.74, 6) is -1.11. The van der Waals surface area contributed by atoms with Gasteiger partial charge in [0.1, 0.15) is 12.1 Å². The van der Waals surface area contributed by atoms with Gasteiger partial charge >= 0.3 is 12.1 Å². The molecule has 33 heavy (non-hydrogen) atoms. The zero-order valence-corrected chi connectivity index (χ0v) is 18.2. The highest BCUT2D eigenvalue weighted by molar-refractivity contribution is 5.91. The number of rotatable bonds is 5. The maximum absolute atomic E-state index is 13.2. The summed E-state index contributed by atoms with van der Waals surface area (Å²) in [5, 5.41) is 12.1. The molecular weight excluding hydrogens is 420 g/mol. The molecule has 0 aromatic heterocycles. The van der Waals surface area contributed by atoms with Gasteiger partial charge < -0.3 is 20.1 Å². The second-order valence-electron chi connectivity index (χ2n) is 9.79. The number of hydrogen-bond donors (Lipinski definition) is 2. The first-order valence-corrected chi connectivity index (χ1v) is 11.6. The predicted molar refractivity (Wildman–Crippen MR) is 119 cm³/mol. The molecule has 170 valence electrons. The molecule has 2 aromatic carbocycles. The number of carbonyl (C=O) groups is 3. The van der Waals surface area contributed by atoms with Gasteiger partial charge in [0, 0.05) is 19.0 Å². The number of aliphatic carboxylic acids is 1. The molecule has 3 aliphatic carbocycles. The van der Waals surface area contributed by atoms with Gasteiger partial charge in [-0.25, -0.2) is 4.79 Å². The van der Waals surface area contributed by atoms with Gasteiger partial charge in [-0.2, -0.15) is 0 Å². The molecule has 1 unspecified atom stereocenters. The second-order valence-corrected chi connectivity index (χ2v) is 9.79. The molecule has 3 atom stereocenters. The number of amides is 2. The lowest BCUT2D eigenvalue weighted by Gasteiger charge is -2.43. The van der Waals surface area contributed by atoms with Crippen molar-refractivity contribution in [3.05, 3.63) is 59.7 Å². The number of hydrogen-bond acceptors (Lipinski definition) is 4. The second kappa shape index (κ2) is 7.33. The van der Waals surface area contributed by atoms with Gasteiger partial charge in [-0.3, -0.25) is 9.59 Å². The lowest BCUT2D eigenvalue weighted by molar-refractivity contribution is -0.144. The number of alkyl carbamates (subject to hydrolysis) is 1. The molecule has 2 aromatic rings. The van der Waals surface area contributed by atoms with Gasteiger partial charge in [0.05, 0.1) is 5.92 Å². The summed E-state index contributed by atoms with van der Waals surface area (Å²) in [4.78, 5) is 39.0. The van der Waals surface area contributed by atoms with Crippen LogP contribution in [0.2, 0.25) is 0 Å². The molecule has 7 nitrogen and oxygen atoms in total. The van der Waals surface area contributed by atoms with Gasteiger partial charge in [-0.1, -0.05) is 48.5 Å². The summed E-state index contributed by atoms with van der Waals surface area (Å²) < 4.78 is 5.66. The van der Waals surface area contributed by atoms with Crippen LogP contribution in [0.4, 0.5) is 4.79 Å². The van der Waals surface area contributed by atoms with Crippen molar-refractivity contribution in [3.8, 4) is 11.1 Å². The van der Waals surface area contributed by atoms with Crippen molar-refractivity contribution in [3.63, 3.8) is 0 Å². The van der Waals surface area contributed by atoms with Crippen LogP contribution in [0.5, 0.6) is 0 Å². The van der Waals surface area contributed by atoms with Crippen LogP contribution in [0.3, 0.4) is 0 Å². The molecule has 1 aliphatic heterocycles. The molecule has 2 amide bonds. The molecule has 0 spiro atoms. The SMILES string of the molecule is O=C(NC1(C(=O)N2C[C@@H]3C(C(=O)O)[C@@H]3C2)CCC1)OCC1c2ccccc2-c2ccccc21. The van der Waals surface area contributed by atoms with Crippen molar-refractivity contribution >= 4 is 18.0 Å². The van der Waals surface area contributed by atoms with Gasteiger partial charge in [0.25, 0.3) is 0 Å². The number of carboxylic acid groups (broad SMARTS) is 1. The third-order valence-electron chi connectivity index (χ3n) is 8.07. The summed E-state index contributed by atoms with van der Waals surface area (Å²) in [7, 11) is 0. The first kappa shape index (κ1) is 20.3. The fraction of sp³-hybridized carbons (Fsp3) is 0.423. The number of nitrogens with one attached hydrogen (secondary N) is 1. The Morgan fingerprint density at radius 3 is 2.06 bits per heavy atom. The van der Waals surface area contributed by atoms with E-state index in [9.17, 15) is 19.5 Å². The maximum Gasteiger partial charge on any atom is 0.408 e. The number of likely N-dealkylation sites (tertiary alicyclic amines) is 1. The van der Waals surface area contributed by atoms with E-state index in [0.29, 0.717) is 25.9 Å². The first-order valence-electron chi connectivity index (χ1n) is 11.6. The zero-order chi connectivity index (χ0) is 22.7. The third kappa shape index (κ3) is 3.13. The van der Waals surface area contributed by atoms with Gasteiger partial charge in [0.2, 0.25) is 5.91 Å². The lowest BCUT2D eigenvalue weighted by Crippen LogP contribution is -2.63. The molecule has 7 heteroatoms. The fourth-order valence-electron chi connectivity index (χ4n) is 6.11. The number of piperidine rings is 1. The quantitative estimate of drug-likeness (QED) is 0.735. The molecule has 1 saturated heterocycles.